The normalized spacial score (nSPS) is 11.4. The molecule has 0 saturated heterocycles. The first-order valence-corrected chi connectivity index (χ1v) is 10.2. The van der Waals surface area contributed by atoms with Crippen LogP contribution in [0.4, 0.5) is 0 Å². The van der Waals surface area contributed by atoms with Gasteiger partial charge in [0, 0.05) is 25.6 Å². The summed E-state index contributed by atoms with van der Waals surface area (Å²) >= 11 is 1.62. The maximum Gasteiger partial charge on any atom is 0.243 e. The number of hydrogen-bond acceptors (Lipinski definition) is 4. The van der Waals surface area contributed by atoms with E-state index in [1.807, 2.05) is 43.5 Å². The summed E-state index contributed by atoms with van der Waals surface area (Å²) in [6.45, 7) is 7.97. The average molecular weight is 373 g/mol. The molecule has 0 radical (unpaired) electrons. The molecule has 26 heavy (non-hydrogen) atoms. The number of aryl methyl sites for hydroxylation is 2. The Labute approximate surface area is 160 Å². The zero-order valence-electron chi connectivity index (χ0n) is 16.0. The Kier molecular flexibility index (Phi) is 7.91. The van der Waals surface area contributed by atoms with Crippen LogP contribution in [0.15, 0.2) is 35.5 Å². The third-order valence-electron chi connectivity index (χ3n) is 3.90. The molecule has 0 bridgehead atoms. The largest absolute Gasteiger partial charge is 0.353 e. The van der Waals surface area contributed by atoms with Crippen LogP contribution in [0.1, 0.15) is 37.2 Å². The van der Waals surface area contributed by atoms with Crippen molar-refractivity contribution in [2.45, 2.75) is 45.3 Å². The molecule has 1 N–H and O–H groups in total. The van der Waals surface area contributed by atoms with Crippen LogP contribution in [-0.2, 0) is 17.8 Å². The molecule has 1 heterocycles. The number of aromatic nitrogens is 3. The number of benzene rings is 1. The highest BCUT2D eigenvalue weighted by Gasteiger charge is 2.12. The van der Waals surface area contributed by atoms with E-state index in [-0.39, 0.29) is 5.91 Å². The van der Waals surface area contributed by atoms with E-state index in [2.05, 4.69) is 33.9 Å². The lowest BCUT2D eigenvalue weighted by atomic mass is 10.1. The van der Waals surface area contributed by atoms with Crippen molar-refractivity contribution in [1.82, 2.24) is 20.1 Å². The number of hydrogen-bond donors (Lipinski definition) is 1. The fraction of sp³-hybridized carbons (Fsp3) is 0.450. The molecular formula is C20H28N4OS. The molecule has 2 aromatic rings. The lowest BCUT2D eigenvalue weighted by Crippen LogP contribution is -2.23. The summed E-state index contributed by atoms with van der Waals surface area (Å²) in [5.41, 5.74) is 2.23. The number of carbonyl (C=O) groups is 1. The number of rotatable bonds is 9. The van der Waals surface area contributed by atoms with E-state index < -0.39 is 0 Å². The van der Waals surface area contributed by atoms with Crippen molar-refractivity contribution >= 4 is 23.7 Å². The van der Waals surface area contributed by atoms with Crippen LogP contribution in [-0.4, -0.2) is 33.5 Å². The molecule has 1 aromatic heterocycles. The minimum Gasteiger partial charge on any atom is -0.353 e. The minimum absolute atomic E-state index is 0.0703. The Bertz CT molecular complexity index is 735. The van der Waals surface area contributed by atoms with E-state index >= 15 is 0 Å². The van der Waals surface area contributed by atoms with Crippen LogP contribution in [0.25, 0.3) is 6.08 Å². The van der Waals surface area contributed by atoms with Crippen molar-refractivity contribution in [2.75, 3.05) is 12.8 Å². The third-order valence-corrected chi connectivity index (χ3v) is 4.57. The van der Waals surface area contributed by atoms with Crippen molar-refractivity contribution < 1.29 is 4.79 Å². The molecule has 0 saturated carbocycles. The van der Waals surface area contributed by atoms with Crippen LogP contribution in [0.3, 0.4) is 0 Å². The second-order valence-corrected chi connectivity index (χ2v) is 7.52. The SMILES string of the molecule is CSc1nnc(CCCNC(=O)/C=C/c2ccc(C)cc2)n1CC(C)C. The first kappa shape index (κ1) is 20.2. The van der Waals surface area contributed by atoms with Gasteiger partial charge in [-0.15, -0.1) is 10.2 Å². The molecule has 1 amide bonds. The van der Waals surface area contributed by atoms with Gasteiger partial charge < -0.3 is 9.88 Å². The Morgan fingerprint density at radius 3 is 2.65 bits per heavy atom. The highest BCUT2D eigenvalue weighted by atomic mass is 32.2. The Balaban J connectivity index is 1.78. The van der Waals surface area contributed by atoms with Crippen LogP contribution < -0.4 is 5.32 Å². The quantitative estimate of drug-likeness (QED) is 0.414. The smallest absolute Gasteiger partial charge is 0.243 e. The van der Waals surface area contributed by atoms with Gasteiger partial charge >= 0.3 is 0 Å². The predicted octanol–water partition coefficient (Wildman–Crippen LogP) is 3.73. The summed E-state index contributed by atoms with van der Waals surface area (Å²) in [6, 6.07) is 8.08. The van der Waals surface area contributed by atoms with E-state index in [1.54, 1.807) is 17.8 Å². The van der Waals surface area contributed by atoms with Gasteiger partial charge in [-0.25, -0.2) is 0 Å². The van der Waals surface area contributed by atoms with E-state index in [1.165, 1.54) is 5.56 Å². The molecular weight excluding hydrogens is 344 g/mol. The lowest BCUT2D eigenvalue weighted by Gasteiger charge is -2.11. The monoisotopic (exact) mass is 372 g/mol. The minimum atomic E-state index is -0.0703. The molecule has 0 aliphatic rings. The average Bonchev–Trinajstić information content (AvgIpc) is 2.99. The molecule has 0 aliphatic heterocycles. The van der Waals surface area contributed by atoms with Gasteiger partial charge in [0.2, 0.25) is 5.91 Å². The van der Waals surface area contributed by atoms with Crippen molar-refractivity contribution in [3.63, 3.8) is 0 Å². The molecule has 0 spiro atoms. The standard InChI is InChI=1S/C20H28N4OS/c1-15(2)14-24-18(22-23-20(24)26-4)6-5-13-21-19(25)12-11-17-9-7-16(3)8-10-17/h7-12,15H,5-6,13-14H2,1-4H3,(H,21,25)/b12-11+. The summed E-state index contributed by atoms with van der Waals surface area (Å²) in [4.78, 5) is 11.9. The van der Waals surface area contributed by atoms with Gasteiger partial charge in [-0.1, -0.05) is 55.4 Å². The van der Waals surface area contributed by atoms with Crippen molar-refractivity contribution in [3.05, 3.63) is 47.3 Å². The number of nitrogens with one attached hydrogen (secondary N) is 1. The Morgan fingerprint density at radius 1 is 1.27 bits per heavy atom. The molecule has 0 atom stereocenters. The van der Waals surface area contributed by atoms with Gasteiger partial charge in [-0.3, -0.25) is 4.79 Å². The van der Waals surface area contributed by atoms with Crippen molar-refractivity contribution in [3.8, 4) is 0 Å². The topological polar surface area (TPSA) is 59.8 Å². The number of thioether (sulfide) groups is 1. The molecule has 0 aliphatic carbocycles. The maximum absolute atomic E-state index is 11.9. The molecule has 0 fully saturated rings. The predicted molar refractivity (Wildman–Crippen MR) is 108 cm³/mol. The van der Waals surface area contributed by atoms with Crippen LogP contribution in [0, 0.1) is 12.8 Å². The summed E-state index contributed by atoms with van der Waals surface area (Å²) in [5, 5.41) is 12.4. The number of nitrogens with zero attached hydrogens (tertiary/aromatic N) is 3. The molecule has 140 valence electrons. The van der Waals surface area contributed by atoms with E-state index in [9.17, 15) is 4.79 Å². The van der Waals surface area contributed by atoms with Gasteiger partial charge in [0.05, 0.1) is 0 Å². The fourth-order valence-electron chi connectivity index (χ4n) is 2.57. The first-order chi connectivity index (χ1) is 12.5. The highest BCUT2D eigenvalue weighted by molar-refractivity contribution is 7.98. The molecule has 6 heteroatoms. The van der Waals surface area contributed by atoms with Gasteiger partial charge in [-0.05, 0) is 37.2 Å². The zero-order chi connectivity index (χ0) is 18.9. The zero-order valence-corrected chi connectivity index (χ0v) is 16.8. The van der Waals surface area contributed by atoms with Crippen LogP contribution >= 0.6 is 11.8 Å². The third kappa shape index (κ3) is 6.33. The van der Waals surface area contributed by atoms with E-state index in [4.69, 9.17) is 0 Å². The van der Waals surface area contributed by atoms with E-state index in [0.29, 0.717) is 12.5 Å². The summed E-state index contributed by atoms with van der Waals surface area (Å²) in [5.74, 6) is 1.47. The second-order valence-electron chi connectivity index (χ2n) is 6.75. The van der Waals surface area contributed by atoms with Crippen LogP contribution in [0.2, 0.25) is 0 Å². The van der Waals surface area contributed by atoms with Crippen LogP contribution in [0.5, 0.6) is 0 Å². The Hall–Kier alpha value is -2.08. The molecule has 0 unspecified atom stereocenters. The summed E-state index contributed by atoms with van der Waals surface area (Å²) in [7, 11) is 0. The van der Waals surface area contributed by atoms with E-state index in [0.717, 1.165) is 35.9 Å². The molecule has 5 nitrogen and oxygen atoms in total. The van der Waals surface area contributed by atoms with Gasteiger partial charge in [0.25, 0.3) is 0 Å². The maximum atomic E-state index is 11.9. The second kappa shape index (κ2) is 10.2. The lowest BCUT2D eigenvalue weighted by molar-refractivity contribution is -0.116. The van der Waals surface area contributed by atoms with Gasteiger partial charge in [-0.2, -0.15) is 0 Å². The molecule has 1 aromatic carbocycles. The number of carbonyl (C=O) groups excluding carboxylic acids is 1. The van der Waals surface area contributed by atoms with Crippen molar-refractivity contribution in [1.29, 1.82) is 0 Å². The van der Waals surface area contributed by atoms with Gasteiger partial charge in [0.1, 0.15) is 5.82 Å². The van der Waals surface area contributed by atoms with Crippen molar-refractivity contribution in [2.24, 2.45) is 5.92 Å². The Morgan fingerprint density at radius 2 is 2.00 bits per heavy atom. The first-order valence-electron chi connectivity index (χ1n) is 8.98. The molecule has 2 rings (SSSR count). The number of amides is 1. The summed E-state index contributed by atoms with van der Waals surface area (Å²) < 4.78 is 2.19. The van der Waals surface area contributed by atoms with Gasteiger partial charge in [0.15, 0.2) is 5.16 Å². The summed E-state index contributed by atoms with van der Waals surface area (Å²) in [6.07, 6.45) is 7.08. The highest BCUT2D eigenvalue weighted by Crippen LogP contribution is 2.16. The fourth-order valence-corrected chi connectivity index (χ4v) is 3.09.